The quantitative estimate of drug-likeness (QED) is 0.676. The van der Waals surface area contributed by atoms with Gasteiger partial charge in [0.05, 0.1) is 13.2 Å². The van der Waals surface area contributed by atoms with Gasteiger partial charge in [-0.1, -0.05) is 17.7 Å². The molecule has 80 valence electrons. The Hall–Kier alpha value is -0.870. The number of rotatable bonds is 3. The van der Waals surface area contributed by atoms with Gasteiger partial charge in [-0.2, -0.15) is 0 Å². The fourth-order valence-corrected chi connectivity index (χ4v) is 1.78. The molecule has 0 aromatic carbocycles. The Morgan fingerprint density at radius 1 is 1.47 bits per heavy atom. The topological polar surface area (TPSA) is 34.1 Å². The molecule has 1 aromatic rings. The average molecular weight is 269 g/mol. The molecular formula is C11H13BrN2O. The second kappa shape index (κ2) is 5.28. The summed E-state index contributed by atoms with van der Waals surface area (Å²) in [5.74, 6) is 0.900. The second-order valence-electron chi connectivity index (χ2n) is 3.39. The number of halogens is 1. The zero-order valence-electron chi connectivity index (χ0n) is 8.37. The number of hydrogen-bond donors (Lipinski definition) is 1. The van der Waals surface area contributed by atoms with Crippen molar-refractivity contribution in [3.63, 3.8) is 0 Å². The highest BCUT2D eigenvalue weighted by molar-refractivity contribution is 9.10. The fraction of sp³-hybridized carbons (Fsp3) is 0.364. The van der Waals surface area contributed by atoms with E-state index in [1.807, 2.05) is 18.2 Å². The third-order valence-electron chi connectivity index (χ3n) is 2.27. The lowest BCUT2D eigenvalue weighted by Gasteiger charge is -2.14. The summed E-state index contributed by atoms with van der Waals surface area (Å²) in [5, 5.41) is 3.29. The first-order chi connectivity index (χ1) is 7.34. The van der Waals surface area contributed by atoms with Crippen LogP contribution in [0.15, 0.2) is 34.5 Å². The molecule has 0 spiro atoms. The van der Waals surface area contributed by atoms with Crippen molar-refractivity contribution in [1.82, 2.24) is 4.98 Å². The standard InChI is InChI=1S/C11H13BrN2O/c12-10-2-1-3-11(14-10)13-8-9-4-6-15-7-5-9/h1-4H,5-8H2,(H,13,14). The molecule has 1 aliphatic heterocycles. The summed E-state index contributed by atoms with van der Waals surface area (Å²) in [6.45, 7) is 2.43. The van der Waals surface area contributed by atoms with Crippen molar-refractivity contribution in [2.24, 2.45) is 0 Å². The van der Waals surface area contributed by atoms with Crippen LogP contribution in [0, 0.1) is 0 Å². The predicted octanol–water partition coefficient (Wildman–Crippen LogP) is 2.60. The van der Waals surface area contributed by atoms with Gasteiger partial charge < -0.3 is 10.1 Å². The van der Waals surface area contributed by atoms with E-state index in [0.29, 0.717) is 0 Å². The molecule has 0 bridgehead atoms. The van der Waals surface area contributed by atoms with Crippen LogP contribution in [-0.4, -0.2) is 24.7 Å². The number of aromatic nitrogens is 1. The SMILES string of the molecule is Brc1cccc(NCC2=CCOCC2)n1. The van der Waals surface area contributed by atoms with E-state index in [2.05, 4.69) is 32.3 Å². The molecule has 1 aromatic heterocycles. The molecule has 0 radical (unpaired) electrons. The van der Waals surface area contributed by atoms with E-state index in [0.717, 1.165) is 36.6 Å². The lowest BCUT2D eigenvalue weighted by atomic mass is 10.1. The maximum Gasteiger partial charge on any atom is 0.127 e. The molecule has 2 heterocycles. The Bertz CT molecular complexity index is 365. The van der Waals surface area contributed by atoms with Gasteiger partial charge in [0, 0.05) is 6.54 Å². The van der Waals surface area contributed by atoms with Crippen LogP contribution in [0.2, 0.25) is 0 Å². The Labute approximate surface area is 97.7 Å². The minimum Gasteiger partial charge on any atom is -0.377 e. The monoisotopic (exact) mass is 268 g/mol. The number of nitrogens with one attached hydrogen (secondary N) is 1. The zero-order chi connectivity index (χ0) is 10.5. The van der Waals surface area contributed by atoms with Gasteiger partial charge in [0.15, 0.2) is 0 Å². The molecule has 0 atom stereocenters. The molecule has 15 heavy (non-hydrogen) atoms. The lowest BCUT2D eigenvalue weighted by molar-refractivity contribution is 0.154. The van der Waals surface area contributed by atoms with Crippen LogP contribution in [0.4, 0.5) is 5.82 Å². The molecule has 1 N–H and O–H groups in total. The third-order valence-corrected chi connectivity index (χ3v) is 2.71. The van der Waals surface area contributed by atoms with E-state index in [4.69, 9.17) is 4.74 Å². The van der Waals surface area contributed by atoms with Gasteiger partial charge in [0.2, 0.25) is 0 Å². The first-order valence-electron chi connectivity index (χ1n) is 4.97. The van der Waals surface area contributed by atoms with Gasteiger partial charge in [-0.3, -0.25) is 0 Å². The normalized spacial score (nSPS) is 15.9. The van der Waals surface area contributed by atoms with Crippen LogP contribution < -0.4 is 5.32 Å². The highest BCUT2D eigenvalue weighted by Gasteiger charge is 2.03. The summed E-state index contributed by atoms with van der Waals surface area (Å²) in [6.07, 6.45) is 3.15. The summed E-state index contributed by atoms with van der Waals surface area (Å²) >= 11 is 3.34. The minimum absolute atomic E-state index is 0.739. The molecule has 0 fully saturated rings. The van der Waals surface area contributed by atoms with E-state index in [-0.39, 0.29) is 0 Å². The van der Waals surface area contributed by atoms with Gasteiger partial charge in [-0.15, -0.1) is 0 Å². The lowest BCUT2D eigenvalue weighted by Crippen LogP contribution is -2.12. The van der Waals surface area contributed by atoms with Gasteiger partial charge in [0.25, 0.3) is 0 Å². The zero-order valence-corrected chi connectivity index (χ0v) is 9.96. The van der Waals surface area contributed by atoms with E-state index in [9.17, 15) is 0 Å². The third kappa shape index (κ3) is 3.32. The molecule has 0 amide bonds. The first kappa shape index (κ1) is 10.6. The van der Waals surface area contributed by atoms with Crippen LogP contribution in [0.1, 0.15) is 6.42 Å². The van der Waals surface area contributed by atoms with Gasteiger partial charge in [-0.05, 0) is 34.5 Å². The number of hydrogen-bond acceptors (Lipinski definition) is 3. The molecular weight excluding hydrogens is 256 g/mol. The van der Waals surface area contributed by atoms with Crippen LogP contribution in [0.25, 0.3) is 0 Å². The Morgan fingerprint density at radius 3 is 3.13 bits per heavy atom. The molecule has 2 rings (SSSR count). The molecule has 0 saturated carbocycles. The van der Waals surface area contributed by atoms with Gasteiger partial charge in [-0.25, -0.2) is 4.98 Å². The largest absolute Gasteiger partial charge is 0.377 e. The van der Waals surface area contributed by atoms with Crippen LogP contribution in [0.3, 0.4) is 0 Å². The maximum atomic E-state index is 5.24. The average Bonchev–Trinajstić information content (AvgIpc) is 2.28. The Balaban J connectivity index is 1.90. The minimum atomic E-state index is 0.739. The summed E-state index contributed by atoms with van der Waals surface area (Å²) < 4.78 is 6.10. The molecule has 3 nitrogen and oxygen atoms in total. The van der Waals surface area contributed by atoms with Crippen molar-refractivity contribution in [2.45, 2.75) is 6.42 Å². The van der Waals surface area contributed by atoms with Crippen molar-refractivity contribution < 1.29 is 4.74 Å². The highest BCUT2D eigenvalue weighted by atomic mass is 79.9. The van der Waals surface area contributed by atoms with Gasteiger partial charge in [0.1, 0.15) is 10.4 Å². The van der Waals surface area contributed by atoms with Crippen molar-refractivity contribution in [3.8, 4) is 0 Å². The van der Waals surface area contributed by atoms with Gasteiger partial charge >= 0.3 is 0 Å². The van der Waals surface area contributed by atoms with E-state index in [1.54, 1.807) is 0 Å². The highest BCUT2D eigenvalue weighted by Crippen LogP contribution is 2.12. The smallest absolute Gasteiger partial charge is 0.127 e. The first-order valence-corrected chi connectivity index (χ1v) is 5.76. The van der Waals surface area contributed by atoms with E-state index in [1.165, 1.54) is 5.57 Å². The van der Waals surface area contributed by atoms with Crippen LogP contribution in [0.5, 0.6) is 0 Å². The van der Waals surface area contributed by atoms with Crippen molar-refractivity contribution in [3.05, 3.63) is 34.5 Å². The second-order valence-corrected chi connectivity index (χ2v) is 4.20. The molecule has 0 aliphatic carbocycles. The summed E-state index contributed by atoms with van der Waals surface area (Å²) in [5.41, 5.74) is 1.39. The molecule has 0 saturated heterocycles. The number of nitrogens with zero attached hydrogens (tertiary/aromatic N) is 1. The molecule has 4 heteroatoms. The Morgan fingerprint density at radius 2 is 2.40 bits per heavy atom. The number of anilines is 1. The summed E-state index contributed by atoms with van der Waals surface area (Å²) in [7, 11) is 0. The number of pyridine rings is 1. The molecule has 0 unspecified atom stereocenters. The summed E-state index contributed by atoms with van der Waals surface area (Å²) in [4.78, 5) is 4.30. The van der Waals surface area contributed by atoms with Crippen molar-refractivity contribution in [2.75, 3.05) is 25.1 Å². The maximum absolute atomic E-state index is 5.24. The van der Waals surface area contributed by atoms with Crippen LogP contribution >= 0.6 is 15.9 Å². The predicted molar refractivity (Wildman–Crippen MR) is 63.9 cm³/mol. The molecule has 1 aliphatic rings. The number of ether oxygens (including phenoxy) is 1. The van der Waals surface area contributed by atoms with E-state index < -0.39 is 0 Å². The van der Waals surface area contributed by atoms with Crippen molar-refractivity contribution in [1.29, 1.82) is 0 Å². The fourth-order valence-electron chi connectivity index (χ4n) is 1.44. The Kier molecular flexibility index (Phi) is 3.75. The van der Waals surface area contributed by atoms with Crippen molar-refractivity contribution >= 4 is 21.7 Å². The van der Waals surface area contributed by atoms with Crippen LogP contribution in [-0.2, 0) is 4.74 Å². The van der Waals surface area contributed by atoms with E-state index >= 15 is 0 Å². The summed E-state index contributed by atoms with van der Waals surface area (Å²) in [6, 6.07) is 5.85.